The van der Waals surface area contributed by atoms with Crippen molar-refractivity contribution >= 4 is 12.1 Å². The van der Waals surface area contributed by atoms with Crippen LogP contribution in [0.2, 0.25) is 0 Å². The van der Waals surface area contributed by atoms with Crippen LogP contribution in [0.1, 0.15) is 6.92 Å². The van der Waals surface area contributed by atoms with Crippen LogP contribution in [-0.4, -0.2) is 25.8 Å². The molecule has 0 aliphatic heterocycles. The average Bonchev–Trinajstić information content (AvgIpc) is 2.04. The summed E-state index contributed by atoms with van der Waals surface area (Å²) in [4.78, 5) is 21.3. The zero-order valence-electron chi connectivity index (χ0n) is 7.05. The van der Waals surface area contributed by atoms with Crippen LogP contribution in [0.3, 0.4) is 0 Å². The minimum atomic E-state index is -0.743. The molecule has 0 heterocycles. The Balaban J connectivity index is 3.87. The molecule has 0 aliphatic rings. The number of carbonyl (C=O) groups excluding carboxylic acids is 2. The fourth-order valence-electron chi connectivity index (χ4n) is 0.443. The molecule has 0 atom stereocenters. The maximum Gasteiger partial charge on any atom is 0.411 e. The van der Waals surface area contributed by atoms with Crippen LogP contribution in [0.25, 0.3) is 0 Å². The van der Waals surface area contributed by atoms with Gasteiger partial charge in [-0.2, -0.15) is 0 Å². The van der Waals surface area contributed by atoms with E-state index in [0.29, 0.717) is 0 Å². The first-order valence-corrected chi connectivity index (χ1v) is 3.32. The van der Waals surface area contributed by atoms with Gasteiger partial charge in [0.15, 0.2) is 0 Å². The smallest absolute Gasteiger partial charge is 0.411 e. The molecule has 0 bridgehead atoms. The highest BCUT2D eigenvalue weighted by molar-refractivity contribution is 5.91. The summed E-state index contributed by atoms with van der Waals surface area (Å²) in [6.07, 6.45) is -0.743. The first-order chi connectivity index (χ1) is 5.61. The van der Waals surface area contributed by atoms with Crippen molar-refractivity contribution in [3.8, 4) is 0 Å². The fraction of sp³-hybridized carbons (Fsp3) is 0.429. The van der Waals surface area contributed by atoms with Gasteiger partial charge in [-0.1, -0.05) is 6.58 Å². The summed E-state index contributed by atoms with van der Waals surface area (Å²) in [5.41, 5.74) is -0.135. The summed E-state index contributed by atoms with van der Waals surface area (Å²) in [5, 5.41) is 2.08. The number of hydrogen-bond acceptors (Lipinski definition) is 4. The number of methoxy groups -OCH3 is 1. The summed E-state index contributed by atoms with van der Waals surface area (Å²) >= 11 is 0. The molecule has 5 nitrogen and oxygen atoms in total. The van der Waals surface area contributed by atoms with Crippen molar-refractivity contribution in [3.05, 3.63) is 12.3 Å². The molecule has 0 rings (SSSR count). The lowest BCUT2D eigenvalue weighted by Gasteiger charge is -2.05. The van der Waals surface area contributed by atoms with E-state index >= 15 is 0 Å². The van der Waals surface area contributed by atoms with Crippen LogP contribution in [0, 0.1) is 0 Å². The third-order valence-corrected chi connectivity index (χ3v) is 0.960. The van der Waals surface area contributed by atoms with Gasteiger partial charge in [0.2, 0.25) is 0 Å². The molecule has 1 amide bonds. The van der Waals surface area contributed by atoms with E-state index < -0.39 is 12.1 Å². The van der Waals surface area contributed by atoms with Gasteiger partial charge in [0.05, 0.1) is 13.7 Å². The second-order valence-corrected chi connectivity index (χ2v) is 1.82. The first kappa shape index (κ1) is 10.5. The fourth-order valence-corrected chi connectivity index (χ4v) is 0.443. The lowest BCUT2D eigenvalue weighted by Crippen LogP contribution is -2.27. The molecule has 0 spiro atoms. The van der Waals surface area contributed by atoms with Crippen molar-refractivity contribution in [3.63, 3.8) is 0 Å². The molecule has 0 saturated heterocycles. The van der Waals surface area contributed by atoms with E-state index in [4.69, 9.17) is 0 Å². The molecular formula is C7H11NO4. The van der Waals surface area contributed by atoms with Crippen molar-refractivity contribution < 1.29 is 19.1 Å². The molecule has 0 fully saturated rings. The molecule has 0 aromatic carbocycles. The maximum atomic E-state index is 10.8. The van der Waals surface area contributed by atoms with Gasteiger partial charge in [0.25, 0.3) is 0 Å². The van der Waals surface area contributed by atoms with Gasteiger partial charge in [-0.15, -0.1) is 0 Å². The maximum absolute atomic E-state index is 10.8. The van der Waals surface area contributed by atoms with Crippen LogP contribution in [0.4, 0.5) is 4.79 Å². The first-order valence-electron chi connectivity index (χ1n) is 3.32. The van der Waals surface area contributed by atoms with Gasteiger partial charge in [-0.25, -0.2) is 9.59 Å². The van der Waals surface area contributed by atoms with Gasteiger partial charge < -0.3 is 9.47 Å². The van der Waals surface area contributed by atoms with Crippen LogP contribution in [0.15, 0.2) is 12.3 Å². The summed E-state index contributed by atoms with van der Waals surface area (Å²) in [6.45, 7) is 5.17. The minimum absolute atomic E-state index is 0.135. The highest BCUT2D eigenvalue weighted by atomic mass is 16.5. The number of rotatable bonds is 3. The number of amides is 1. The number of ether oxygens (including phenoxy) is 2. The van der Waals surface area contributed by atoms with E-state index in [1.165, 1.54) is 7.11 Å². The van der Waals surface area contributed by atoms with Crippen molar-refractivity contribution in [2.24, 2.45) is 0 Å². The second kappa shape index (κ2) is 5.17. The number of alkyl carbamates (subject to hydrolysis) is 1. The number of hydrogen-bond donors (Lipinski definition) is 1. The molecule has 12 heavy (non-hydrogen) atoms. The topological polar surface area (TPSA) is 64.6 Å². The summed E-state index contributed by atoms with van der Waals surface area (Å²) < 4.78 is 8.77. The van der Waals surface area contributed by atoms with E-state index in [9.17, 15) is 9.59 Å². The van der Waals surface area contributed by atoms with E-state index in [1.54, 1.807) is 6.92 Å². The van der Waals surface area contributed by atoms with Crippen LogP contribution in [-0.2, 0) is 14.3 Å². The molecule has 0 saturated carbocycles. The summed E-state index contributed by atoms with van der Waals surface area (Å²) in [7, 11) is 1.19. The number of nitrogens with one attached hydrogen (secondary N) is 1. The Morgan fingerprint density at radius 2 is 2.08 bits per heavy atom. The molecule has 68 valence electrons. The predicted molar refractivity (Wildman–Crippen MR) is 41.3 cm³/mol. The van der Waals surface area contributed by atoms with Crippen LogP contribution >= 0.6 is 0 Å². The van der Waals surface area contributed by atoms with Crippen LogP contribution in [0.5, 0.6) is 0 Å². The van der Waals surface area contributed by atoms with E-state index in [2.05, 4.69) is 21.4 Å². The normalized spacial score (nSPS) is 8.50. The Labute approximate surface area is 70.3 Å². The summed E-state index contributed by atoms with van der Waals surface area (Å²) in [5.74, 6) is -0.664. The highest BCUT2D eigenvalue weighted by Gasteiger charge is 2.10. The van der Waals surface area contributed by atoms with Gasteiger partial charge in [0.1, 0.15) is 5.70 Å². The van der Waals surface area contributed by atoms with Crippen molar-refractivity contribution in [2.75, 3.05) is 13.7 Å². The Bertz CT molecular complexity index is 200. The summed E-state index contributed by atoms with van der Waals surface area (Å²) in [6, 6.07) is 0. The van der Waals surface area contributed by atoms with Crippen molar-refractivity contribution in [1.82, 2.24) is 5.32 Å². The average molecular weight is 173 g/mol. The second-order valence-electron chi connectivity index (χ2n) is 1.82. The molecule has 0 unspecified atom stereocenters. The molecule has 5 heteroatoms. The standard InChI is InChI=1S/C7H11NO4/c1-4-12-6(9)5(2)8-7(10)11-3/h2,4H2,1,3H3,(H,8,10). The Hall–Kier alpha value is -1.52. The number of carbonyl (C=O) groups is 2. The molecule has 0 aromatic rings. The lowest BCUT2D eigenvalue weighted by molar-refractivity contribution is -0.138. The molecular weight excluding hydrogens is 162 g/mol. The highest BCUT2D eigenvalue weighted by Crippen LogP contribution is 1.90. The van der Waals surface area contributed by atoms with Gasteiger partial charge in [-0.05, 0) is 6.92 Å². The molecule has 1 N–H and O–H groups in total. The molecule has 0 aliphatic carbocycles. The third-order valence-electron chi connectivity index (χ3n) is 0.960. The largest absolute Gasteiger partial charge is 0.461 e. The van der Waals surface area contributed by atoms with E-state index in [-0.39, 0.29) is 12.3 Å². The van der Waals surface area contributed by atoms with Gasteiger partial charge in [0, 0.05) is 0 Å². The van der Waals surface area contributed by atoms with Gasteiger partial charge >= 0.3 is 12.1 Å². The Kier molecular flexibility index (Phi) is 4.52. The minimum Gasteiger partial charge on any atom is -0.461 e. The van der Waals surface area contributed by atoms with E-state index in [1.807, 2.05) is 0 Å². The van der Waals surface area contributed by atoms with Crippen molar-refractivity contribution in [1.29, 1.82) is 0 Å². The third kappa shape index (κ3) is 3.60. The quantitative estimate of drug-likeness (QED) is 0.496. The van der Waals surface area contributed by atoms with Gasteiger partial charge in [-0.3, -0.25) is 5.32 Å². The zero-order chi connectivity index (χ0) is 9.56. The van der Waals surface area contributed by atoms with Crippen LogP contribution < -0.4 is 5.32 Å². The van der Waals surface area contributed by atoms with E-state index in [0.717, 1.165) is 0 Å². The SMILES string of the molecule is C=C(NC(=O)OC)C(=O)OCC. The van der Waals surface area contributed by atoms with Crippen molar-refractivity contribution in [2.45, 2.75) is 6.92 Å². The Morgan fingerprint density at radius 1 is 1.50 bits per heavy atom. The predicted octanol–water partition coefficient (Wildman–Crippen LogP) is 0.419. The number of esters is 1. The zero-order valence-corrected chi connectivity index (χ0v) is 7.05. The monoisotopic (exact) mass is 173 g/mol. The molecule has 0 aromatic heterocycles. The Morgan fingerprint density at radius 3 is 2.50 bits per heavy atom. The lowest BCUT2D eigenvalue weighted by atomic mass is 10.5. The molecule has 0 radical (unpaired) electrons.